The van der Waals surface area contributed by atoms with E-state index >= 15 is 0 Å². The van der Waals surface area contributed by atoms with Gasteiger partial charge < -0.3 is 19.7 Å². The fourth-order valence-corrected chi connectivity index (χ4v) is 4.02. The van der Waals surface area contributed by atoms with E-state index < -0.39 is 11.8 Å². The molecule has 0 unspecified atom stereocenters. The van der Waals surface area contributed by atoms with E-state index in [0.29, 0.717) is 43.8 Å². The van der Waals surface area contributed by atoms with Gasteiger partial charge in [0.15, 0.2) is 5.60 Å². The molecular formula is C18H23FN2O4S. The Morgan fingerprint density at radius 1 is 1.31 bits per heavy atom. The monoisotopic (exact) mass is 382 g/mol. The molecule has 2 saturated heterocycles. The molecule has 1 aromatic carbocycles. The Bertz CT molecular complexity index is 650. The van der Waals surface area contributed by atoms with Crippen LogP contribution in [0.1, 0.15) is 24.8 Å². The highest BCUT2D eigenvalue weighted by molar-refractivity contribution is 7.98. The fourth-order valence-electron chi connectivity index (χ4n) is 3.07. The Kier molecular flexibility index (Phi) is 6.24. The molecule has 0 bridgehead atoms. The zero-order chi connectivity index (χ0) is 18.4. The summed E-state index contributed by atoms with van der Waals surface area (Å²) in [6.07, 6.45) is 1.42. The van der Waals surface area contributed by atoms with Crippen LogP contribution < -0.4 is 5.32 Å². The van der Waals surface area contributed by atoms with Crippen LogP contribution in [0.2, 0.25) is 0 Å². The lowest BCUT2D eigenvalue weighted by atomic mass is 9.92. The van der Waals surface area contributed by atoms with Gasteiger partial charge in [-0.05, 0) is 23.8 Å². The number of nitrogens with one attached hydrogen (secondary N) is 1. The molecule has 2 amide bonds. The van der Waals surface area contributed by atoms with Crippen molar-refractivity contribution in [3.8, 4) is 0 Å². The van der Waals surface area contributed by atoms with E-state index in [9.17, 15) is 14.0 Å². The summed E-state index contributed by atoms with van der Waals surface area (Å²) in [4.78, 5) is 25.0. The van der Waals surface area contributed by atoms with Crippen molar-refractivity contribution in [3.63, 3.8) is 0 Å². The topological polar surface area (TPSA) is 67.9 Å². The van der Waals surface area contributed by atoms with Gasteiger partial charge in [0.25, 0.3) is 0 Å². The lowest BCUT2D eigenvalue weighted by molar-refractivity contribution is 0.00939. The summed E-state index contributed by atoms with van der Waals surface area (Å²) in [7, 11) is 0. The largest absolute Gasteiger partial charge is 0.509 e. The van der Waals surface area contributed by atoms with E-state index in [0.717, 1.165) is 12.2 Å². The molecule has 0 saturated carbocycles. The molecule has 1 N–H and O–H groups in total. The molecule has 2 aliphatic rings. The van der Waals surface area contributed by atoms with Crippen LogP contribution in [0.3, 0.4) is 0 Å². The predicted octanol–water partition coefficient (Wildman–Crippen LogP) is 3.16. The van der Waals surface area contributed by atoms with Crippen molar-refractivity contribution in [3.05, 3.63) is 35.6 Å². The Morgan fingerprint density at radius 3 is 2.77 bits per heavy atom. The Labute approximate surface area is 156 Å². The van der Waals surface area contributed by atoms with Gasteiger partial charge in [0.2, 0.25) is 0 Å². The maximum Gasteiger partial charge on any atom is 0.509 e. The number of nitrogens with zero attached hydrogens (tertiary/aromatic N) is 1. The number of hydrogen-bond donors (Lipinski definition) is 1. The second-order valence-electron chi connectivity index (χ2n) is 6.54. The van der Waals surface area contributed by atoms with E-state index in [4.69, 9.17) is 9.47 Å². The minimum absolute atomic E-state index is 0.0933. The predicted molar refractivity (Wildman–Crippen MR) is 96.5 cm³/mol. The quantitative estimate of drug-likeness (QED) is 0.605. The molecule has 1 spiro atoms. The number of cyclic esters (lactones) is 1. The number of halogens is 1. The highest BCUT2D eigenvalue weighted by atomic mass is 32.2. The number of rotatable bonds is 6. The number of piperidine rings is 1. The first-order valence-electron chi connectivity index (χ1n) is 8.78. The summed E-state index contributed by atoms with van der Waals surface area (Å²) in [5, 5.41) is 2.91. The molecule has 0 aliphatic carbocycles. The molecule has 0 aromatic heterocycles. The summed E-state index contributed by atoms with van der Waals surface area (Å²) in [5.74, 6) is 1.31. The first-order chi connectivity index (χ1) is 12.6. The van der Waals surface area contributed by atoms with Gasteiger partial charge in [0.05, 0.1) is 0 Å². The molecule has 0 radical (unpaired) electrons. The summed E-state index contributed by atoms with van der Waals surface area (Å²) >= 11 is 1.65. The van der Waals surface area contributed by atoms with Crippen LogP contribution in [0.15, 0.2) is 24.3 Å². The summed E-state index contributed by atoms with van der Waals surface area (Å²) in [6, 6.07) is 6.69. The molecule has 2 fully saturated rings. The van der Waals surface area contributed by atoms with Crippen molar-refractivity contribution < 1.29 is 23.5 Å². The lowest BCUT2D eigenvalue weighted by Gasteiger charge is -2.36. The first-order valence-corrected chi connectivity index (χ1v) is 9.93. The summed E-state index contributed by atoms with van der Waals surface area (Å²) < 4.78 is 23.6. The minimum atomic E-state index is -0.615. The molecule has 142 valence electrons. The van der Waals surface area contributed by atoms with E-state index in [-0.39, 0.29) is 18.5 Å². The fraction of sp³-hybridized carbons (Fsp3) is 0.556. The zero-order valence-corrected chi connectivity index (χ0v) is 15.4. The SMILES string of the molecule is O=C1OCC2(CCN(C(=O)NCCCSCc3ccccc3F)CC2)O1. The van der Waals surface area contributed by atoms with Crippen molar-refractivity contribution in [1.29, 1.82) is 0 Å². The number of thioether (sulfide) groups is 1. The van der Waals surface area contributed by atoms with Crippen molar-refractivity contribution in [2.24, 2.45) is 0 Å². The number of carbonyl (C=O) groups is 2. The Hall–Kier alpha value is -1.96. The number of amides is 2. The van der Waals surface area contributed by atoms with Crippen molar-refractivity contribution in [1.82, 2.24) is 10.2 Å². The van der Waals surface area contributed by atoms with Gasteiger partial charge >= 0.3 is 12.2 Å². The van der Waals surface area contributed by atoms with Gasteiger partial charge in [-0.3, -0.25) is 0 Å². The Balaban J connectivity index is 1.28. The number of carbonyl (C=O) groups excluding carboxylic acids is 2. The first kappa shape index (κ1) is 18.8. The minimum Gasteiger partial charge on any atom is -0.430 e. The lowest BCUT2D eigenvalue weighted by Crippen LogP contribution is -2.51. The van der Waals surface area contributed by atoms with Gasteiger partial charge in [-0.15, -0.1) is 0 Å². The number of urea groups is 1. The normalized spacial score (nSPS) is 18.5. The van der Waals surface area contributed by atoms with E-state index in [1.54, 1.807) is 28.8 Å². The molecule has 2 heterocycles. The average Bonchev–Trinajstić information content (AvgIpc) is 3.00. The maximum absolute atomic E-state index is 13.5. The number of ether oxygens (including phenoxy) is 2. The smallest absolute Gasteiger partial charge is 0.430 e. The molecule has 2 aliphatic heterocycles. The van der Waals surface area contributed by atoms with Crippen LogP contribution in [0.4, 0.5) is 14.0 Å². The molecule has 0 atom stereocenters. The molecular weight excluding hydrogens is 359 g/mol. The Morgan fingerprint density at radius 2 is 2.08 bits per heavy atom. The third kappa shape index (κ3) is 4.81. The zero-order valence-electron chi connectivity index (χ0n) is 14.5. The molecule has 8 heteroatoms. The second kappa shape index (κ2) is 8.62. The van der Waals surface area contributed by atoms with Crippen LogP contribution in [0.5, 0.6) is 0 Å². The van der Waals surface area contributed by atoms with Crippen molar-refractivity contribution in [2.75, 3.05) is 32.0 Å². The van der Waals surface area contributed by atoms with E-state index in [1.807, 2.05) is 6.07 Å². The highest BCUT2D eigenvalue weighted by Gasteiger charge is 2.45. The molecule has 6 nitrogen and oxygen atoms in total. The van der Waals surface area contributed by atoms with Gasteiger partial charge in [-0.2, -0.15) is 11.8 Å². The molecule has 1 aromatic rings. The van der Waals surface area contributed by atoms with Crippen molar-refractivity contribution >= 4 is 23.9 Å². The highest BCUT2D eigenvalue weighted by Crippen LogP contribution is 2.31. The standard InChI is InChI=1S/C18H23FN2O4S/c19-15-5-2-1-4-14(15)12-26-11-3-8-20-16(22)21-9-6-18(7-10-21)13-24-17(23)25-18/h1-2,4-5H,3,6-13H2,(H,20,22). The van der Waals surface area contributed by atoms with Crippen LogP contribution in [0, 0.1) is 5.82 Å². The summed E-state index contributed by atoms with van der Waals surface area (Å²) in [5.41, 5.74) is 0.164. The van der Waals surface area contributed by atoms with E-state index in [2.05, 4.69) is 5.32 Å². The number of hydrogen-bond acceptors (Lipinski definition) is 5. The average molecular weight is 382 g/mol. The van der Waals surface area contributed by atoms with Crippen LogP contribution in [-0.4, -0.2) is 54.7 Å². The summed E-state index contributed by atoms with van der Waals surface area (Å²) in [6.45, 7) is 1.96. The van der Waals surface area contributed by atoms with Crippen molar-refractivity contribution in [2.45, 2.75) is 30.6 Å². The maximum atomic E-state index is 13.5. The van der Waals surface area contributed by atoms with Gasteiger partial charge in [-0.1, -0.05) is 18.2 Å². The van der Waals surface area contributed by atoms with Crippen LogP contribution in [-0.2, 0) is 15.2 Å². The molecule has 26 heavy (non-hydrogen) atoms. The van der Waals surface area contributed by atoms with Crippen LogP contribution >= 0.6 is 11.8 Å². The number of likely N-dealkylation sites (tertiary alicyclic amines) is 1. The number of benzene rings is 1. The van der Waals surface area contributed by atoms with Gasteiger partial charge in [0, 0.05) is 38.2 Å². The second-order valence-corrected chi connectivity index (χ2v) is 7.65. The van der Waals surface area contributed by atoms with Gasteiger partial charge in [-0.25, -0.2) is 14.0 Å². The molecule has 3 rings (SSSR count). The van der Waals surface area contributed by atoms with Crippen LogP contribution in [0.25, 0.3) is 0 Å². The third-order valence-electron chi connectivity index (χ3n) is 4.67. The third-order valence-corrected chi connectivity index (χ3v) is 5.76. The van der Waals surface area contributed by atoms with Gasteiger partial charge in [0.1, 0.15) is 12.4 Å². The van der Waals surface area contributed by atoms with E-state index in [1.165, 1.54) is 6.07 Å².